The summed E-state index contributed by atoms with van der Waals surface area (Å²) in [7, 11) is 0. The summed E-state index contributed by atoms with van der Waals surface area (Å²) in [6, 6.07) is 5.35. The van der Waals surface area contributed by atoms with Crippen molar-refractivity contribution in [2.24, 2.45) is 0 Å². The van der Waals surface area contributed by atoms with Gasteiger partial charge < -0.3 is 20.1 Å². The molecule has 0 aliphatic carbocycles. The number of nitrogens with one attached hydrogen (secondary N) is 1. The maximum absolute atomic E-state index is 17.1. The first-order valence-corrected chi connectivity index (χ1v) is 18.0. The number of hydrogen-bond acceptors (Lipinski definition) is 9. The summed E-state index contributed by atoms with van der Waals surface area (Å²) < 4.78 is 54.4. The number of benzene rings is 2. The van der Waals surface area contributed by atoms with Gasteiger partial charge in [-0.05, 0) is 87.0 Å². The summed E-state index contributed by atoms with van der Waals surface area (Å²) in [6.07, 6.45) is 5.96. The predicted octanol–water partition coefficient (Wildman–Crippen LogP) is 6.46. The van der Waals surface area contributed by atoms with E-state index in [9.17, 15) is 14.3 Å². The number of nitrogens with zero attached hydrogens (tertiary/aromatic N) is 7. The lowest BCUT2D eigenvalue weighted by Crippen LogP contribution is -2.43. The molecular weight excluding hydrogens is 673 g/mol. The van der Waals surface area contributed by atoms with Crippen molar-refractivity contribution in [2.45, 2.75) is 83.6 Å². The number of hydrogen-bond donors (Lipinski definition) is 2. The fourth-order valence-electron chi connectivity index (χ4n) is 8.30. The number of anilines is 1. The van der Waals surface area contributed by atoms with E-state index in [2.05, 4.69) is 25.3 Å². The van der Waals surface area contributed by atoms with E-state index in [0.29, 0.717) is 72.9 Å². The normalized spacial score (nSPS) is 20.4. The van der Waals surface area contributed by atoms with Crippen LogP contribution in [0.1, 0.15) is 63.3 Å². The van der Waals surface area contributed by atoms with Gasteiger partial charge in [-0.3, -0.25) is 9.88 Å². The molecule has 6 heterocycles. The van der Waals surface area contributed by atoms with E-state index >= 15 is 8.78 Å². The van der Waals surface area contributed by atoms with Crippen LogP contribution >= 0.6 is 0 Å². The van der Waals surface area contributed by atoms with Gasteiger partial charge in [-0.2, -0.15) is 19.7 Å². The maximum atomic E-state index is 17.1. The highest BCUT2D eigenvalue weighted by Crippen LogP contribution is 2.42. The highest BCUT2D eigenvalue weighted by molar-refractivity contribution is 6.01. The number of rotatable bonds is 7. The Hall–Kier alpha value is -4.98. The zero-order valence-electron chi connectivity index (χ0n) is 29.4. The summed E-state index contributed by atoms with van der Waals surface area (Å²) in [6.45, 7) is 7.73. The van der Waals surface area contributed by atoms with E-state index in [1.54, 1.807) is 12.3 Å². The Bertz CT molecular complexity index is 2210. The van der Waals surface area contributed by atoms with Crippen molar-refractivity contribution in [3.8, 4) is 23.0 Å². The number of halogens is 3. The van der Waals surface area contributed by atoms with E-state index in [1.807, 2.05) is 25.7 Å². The SMILES string of the molecule is CCc1c(F)ccc2cc(O)cc(-c3ncc4c(N5CCCc6nn(C(=O)NC(C)C)cc6C5)nc(OC[C@@]56CCCN5C[C@H](F)C6)nc4c3F)c12. The first kappa shape index (κ1) is 34.1. The van der Waals surface area contributed by atoms with Crippen molar-refractivity contribution in [2.75, 3.05) is 31.1 Å². The van der Waals surface area contributed by atoms with Crippen LogP contribution in [0.2, 0.25) is 0 Å². The molecule has 5 aromatic rings. The minimum atomic E-state index is -0.951. The lowest BCUT2D eigenvalue weighted by atomic mass is 9.94. The number of phenolic OH excluding ortho intramolecular Hbond substituents is 1. The number of aromatic hydroxyl groups is 1. The second-order valence-electron chi connectivity index (χ2n) is 14.5. The second-order valence-corrected chi connectivity index (χ2v) is 14.5. The van der Waals surface area contributed by atoms with Crippen LogP contribution < -0.4 is 15.0 Å². The van der Waals surface area contributed by atoms with Crippen molar-refractivity contribution >= 4 is 33.5 Å². The van der Waals surface area contributed by atoms with Crippen LogP contribution in [0.4, 0.5) is 23.8 Å². The molecule has 3 aromatic heterocycles. The van der Waals surface area contributed by atoms with E-state index in [4.69, 9.17) is 9.72 Å². The molecule has 3 aliphatic rings. The smallest absolute Gasteiger partial charge is 0.342 e. The van der Waals surface area contributed by atoms with Crippen molar-refractivity contribution in [3.63, 3.8) is 0 Å². The summed E-state index contributed by atoms with van der Waals surface area (Å²) in [5, 5.41) is 19.4. The lowest BCUT2D eigenvalue weighted by Gasteiger charge is -2.31. The van der Waals surface area contributed by atoms with Gasteiger partial charge in [0.1, 0.15) is 41.4 Å². The average Bonchev–Trinajstić information content (AvgIpc) is 3.74. The molecule has 272 valence electrons. The standard InChI is InChI=1S/C38H41F3N8O3/c1-4-26-29(40)9-8-22-13-25(50)14-27(31(22)26)33-32(41)34-28(16-42-33)35(45-36(44-34)52-20-38-10-6-12-48(38)19-24(39)15-38)47-11-5-7-30-23(17-47)18-49(46-30)37(51)43-21(2)3/h8-9,13-14,16,18,21,24,50H,4-7,10-12,15,17,19-20H2,1-3H3,(H,43,51)/t24-,38+/m1/s1. The van der Waals surface area contributed by atoms with Crippen LogP contribution in [0.25, 0.3) is 32.9 Å². The minimum Gasteiger partial charge on any atom is -0.508 e. The van der Waals surface area contributed by atoms with Crippen LogP contribution in [0.3, 0.4) is 0 Å². The molecule has 14 heteroatoms. The maximum Gasteiger partial charge on any atom is 0.342 e. The summed E-state index contributed by atoms with van der Waals surface area (Å²) in [5.41, 5.74) is 1.60. The molecule has 8 rings (SSSR count). The molecule has 2 atom stereocenters. The van der Waals surface area contributed by atoms with Gasteiger partial charge in [-0.25, -0.2) is 18.0 Å². The Labute approximate surface area is 298 Å². The number of alkyl halides is 1. The third kappa shape index (κ3) is 5.96. The molecule has 2 fully saturated rings. The fourth-order valence-corrected chi connectivity index (χ4v) is 8.30. The van der Waals surface area contributed by atoms with Gasteiger partial charge in [0.15, 0.2) is 5.82 Å². The quantitative estimate of drug-likeness (QED) is 0.196. The number of aromatic nitrogens is 5. The third-order valence-corrected chi connectivity index (χ3v) is 10.6. The number of carbonyl (C=O) groups excluding carboxylic acids is 1. The van der Waals surface area contributed by atoms with Gasteiger partial charge in [0.2, 0.25) is 0 Å². The second kappa shape index (κ2) is 13.2. The van der Waals surface area contributed by atoms with Gasteiger partial charge >= 0.3 is 12.0 Å². The number of phenols is 1. The molecule has 2 aromatic carbocycles. The number of pyridine rings is 1. The van der Waals surface area contributed by atoms with Crippen LogP contribution in [-0.2, 0) is 19.4 Å². The molecule has 11 nitrogen and oxygen atoms in total. The van der Waals surface area contributed by atoms with Gasteiger partial charge in [-0.1, -0.05) is 13.0 Å². The van der Waals surface area contributed by atoms with E-state index in [-0.39, 0.29) is 47.2 Å². The van der Waals surface area contributed by atoms with Crippen molar-refractivity contribution in [1.29, 1.82) is 0 Å². The molecule has 0 bridgehead atoms. The Morgan fingerprint density at radius 1 is 1.17 bits per heavy atom. The van der Waals surface area contributed by atoms with E-state index < -0.39 is 23.3 Å². The topological polar surface area (TPSA) is 122 Å². The minimum absolute atomic E-state index is 0.0528. The molecule has 2 N–H and O–H groups in total. The van der Waals surface area contributed by atoms with Crippen LogP contribution in [0.15, 0.2) is 36.7 Å². The molecule has 1 amide bonds. The van der Waals surface area contributed by atoms with Crippen LogP contribution in [0, 0.1) is 11.6 Å². The van der Waals surface area contributed by atoms with E-state index in [1.165, 1.54) is 29.1 Å². The first-order valence-electron chi connectivity index (χ1n) is 18.0. The largest absolute Gasteiger partial charge is 0.508 e. The van der Waals surface area contributed by atoms with Gasteiger partial charge in [0.05, 0.1) is 16.6 Å². The average molecular weight is 715 g/mol. The van der Waals surface area contributed by atoms with Crippen molar-refractivity contribution in [3.05, 3.63) is 65.1 Å². The zero-order chi connectivity index (χ0) is 36.3. The Morgan fingerprint density at radius 3 is 2.83 bits per heavy atom. The summed E-state index contributed by atoms with van der Waals surface area (Å²) in [5.74, 6) is -0.933. The summed E-state index contributed by atoms with van der Waals surface area (Å²) >= 11 is 0. The molecular formula is C38H41F3N8O3. The summed E-state index contributed by atoms with van der Waals surface area (Å²) in [4.78, 5) is 30.9. The highest BCUT2D eigenvalue weighted by atomic mass is 19.1. The molecule has 0 spiro atoms. The first-order chi connectivity index (χ1) is 25.0. The molecule has 0 saturated carbocycles. The molecule has 0 unspecified atom stereocenters. The third-order valence-electron chi connectivity index (χ3n) is 10.6. The van der Waals surface area contributed by atoms with Gasteiger partial charge in [-0.15, -0.1) is 0 Å². The lowest BCUT2D eigenvalue weighted by molar-refractivity contribution is 0.107. The molecule has 0 radical (unpaired) electrons. The Balaban J connectivity index is 1.25. The number of carbonyl (C=O) groups is 1. The zero-order valence-corrected chi connectivity index (χ0v) is 29.4. The monoisotopic (exact) mass is 714 g/mol. The Morgan fingerprint density at radius 2 is 2.02 bits per heavy atom. The predicted molar refractivity (Wildman–Crippen MR) is 190 cm³/mol. The number of fused-ring (bicyclic) bond motifs is 4. The Kier molecular flexibility index (Phi) is 8.67. The number of aryl methyl sites for hydroxylation is 2. The molecule has 52 heavy (non-hydrogen) atoms. The van der Waals surface area contributed by atoms with Crippen LogP contribution in [0.5, 0.6) is 11.8 Å². The molecule has 3 aliphatic heterocycles. The van der Waals surface area contributed by atoms with Gasteiger partial charge in [0, 0.05) is 55.6 Å². The van der Waals surface area contributed by atoms with Gasteiger partial charge in [0.25, 0.3) is 0 Å². The number of ether oxygens (including phenoxy) is 1. The van der Waals surface area contributed by atoms with Crippen molar-refractivity contribution < 1.29 is 27.8 Å². The highest BCUT2D eigenvalue weighted by Gasteiger charge is 2.49. The van der Waals surface area contributed by atoms with E-state index in [0.717, 1.165) is 30.6 Å². The van der Waals surface area contributed by atoms with Crippen LogP contribution in [-0.4, -0.2) is 84.8 Å². The number of amides is 1. The fraction of sp³-hybridized carbons (Fsp3) is 0.447. The van der Waals surface area contributed by atoms with Crippen molar-refractivity contribution in [1.82, 2.24) is 34.9 Å². The molecule has 2 saturated heterocycles.